The predicted molar refractivity (Wildman–Crippen MR) is 223 cm³/mol. The van der Waals surface area contributed by atoms with Crippen LogP contribution in [-0.4, -0.2) is 4.57 Å². The number of nitrogens with zero attached hydrogens (tertiary/aromatic N) is 2. The summed E-state index contributed by atoms with van der Waals surface area (Å²) in [5.41, 5.74) is 11.1. The molecule has 0 aliphatic carbocycles. The molecule has 0 atom stereocenters. The van der Waals surface area contributed by atoms with Crippen LogP contribution in [0.3, 0.4) is 0 Å². The van der Waals surface area contributed by atoms with Gasteiger partial charge in [0.2, 0.25) is 0 Å². The maximum absolute atomic E-state index is 6.23. The average Bonchev–Trinajstić information content (AvgIpc) is 3.74. The molecule has 248 valence electrons. The van der Waals surface area contributed by atoms with Crippen LogP contribution in [0.2, 0.25) is 0 Å². The highest BCUT2D eigenvalue weighted by Crippen LogP contribution is 2.42. The van der Waals surface area contributed by atoms with Crippen LogP contribution < -0.4 is 4.90 Å². The third-order valence-corrected chi connectivity index (χ3v) is 10.7. The summed E-state index contributed by atoms with van der Waals surface area (Å²) >= 11 is 0. The number of furan rings is 1. The lowest BCUT2D eigenvalue weighted by Gasteiger charge is -2.26. The number of anilines is 3. The van der Waals surface area contributed by atoms with E-state index in [2.05, 4.69) is 191 Å². The minimum absolute atomic E-state index is 0.912. The van der Waals surface area contributed by atoms with Gasteiger partial charge in [0.1, 0.15) is 11.2 Å². The normalized spacial score (nSPS) is 11.8. The Labute approximate surface area is 306 Å². The van der Waals surface area contributed by atoms with E-state index in [4.69, 9.17) is 4.42 Å². The van der Waals surface area contributed by atoms with Crippen molar-refractivity contribution in [3.63, 3.8) is 0 Å². The van der Waals surface area contributed by atoms with Gasteiger partial charge in [-0.05, 0) is 118 Å². The average molecular weight is 677 g/mol. The van der Waals surface area contributed by atoms with E-state index in [0.717, 1.165) is 50.1 Å². The number of benzene rings is 9. The Morgan fingerprint density at radius 3 is 1.79 bits per heavy atom. The summed E-state index contributed by atoms with van der Waals surface area (Å²) in [5.74, 6) is 0. The molecule has 0 fully saturated rings. The first-order valence-corrected chi connectivity index (χ1v) is 18.1. The van der Waals surface area contributed by atoms with Crippen molar-refractivity contribution in [2.45, 2.75) is 0 Å². The van der Waals surface area contributed by atoms with Crippen LogP contribution in [0.5, 0.6) is 0 Å². The fourth-order valence-corrected chi connectivity index (χ4v) is 8.16. The molecule has 0 radical (unpaired) electrons. The third kappa shape index (κ3) is 4.82. The predicted octanol–water partition coefficient (Wildman–Crippen LogP) is 14.1. The van der Waals surface area contributed by atoms with Crippen LogP contribution in [0, 0.1) is 0 Å². The number of fused-ring (bicyclic) bond motifs is 8. The summed E-state index contributed by atoms with van der Waals surface area (Å²) in [6.07, 6.45) is 0. The van der Waals surface area contributed by atoms with Gasteiger partial charge >= 0.3 is 0 Å². The Kier molecular flexibility index (Phi) is 6.55. The van der Waals surface area contributed by atoms with E-state index < -0.39 is 0 Å². The lowest BCUT2D eigenvalue weighted by atomic mass is 10.0. The van der Waals surface area contributed by atoms with Gasteiger partial charge in [-0.25, -0.2) is 0 Å². The monoisotopic (exact) mass is 676 g/mol. The molecule has 9 aromatic carbocycles. The van der Waals surface area contributed by atoms with E-state index in [1.807, 2.05) is 12.1 Å². The van der Waals surface area contributed by atoms with Gasteiger partial charge in [-0.2, -0.15) is 0 Å². The minimum Gasteiger partial charge on any atom is -0.456 e. The van der Waals surface area contributed by atoms with Crippen molar-refractivity contribution in [3.05, 3.63) is 194 Å². The molecule has 3 heteroatoms. The van der Waals surface area contributed by atoms with E-state index >= 15 is 0 Å². The van der Waals surface area contributed by atoms with E-state index in [-0.39, 0.29) is 0 Å². The van der Waals surface area contributed by atoms with Gasteiger partial charge in [0.15, 0.2) is 0 Å². The summed E-state index contributed by atoms with van der Waals surface area (Å²) in [6, 6.07) is 69.9. The second kappa shape index (κ2) is 11.7. The molecule has 0 spiro atoms. The Morgan fingerprint density at radius 1 is 0.340 bits per heavy atom. The number of para-hydroxylation sites is 2. The molecule has 11 rings (SSSR count). The highest BCUT2D eigenvalue weighted by atomic mass is 16.3. The van der Waals surface area contributed by atoms with Crippen molar-refractivity contribution in [1.29, 1.82) is 0 Å². The fourth-order valence-electron chi connectivity index (χ4n) is 8.16. The van der Waals surface area contributed by atoms with Crippen LogP contribution >= 0.6 is 0 Å². The van der Waals surface area contributed by atoms with Gasteiger partial charge in [-0.15, -0.1) is 0 Å². The first kappa shape index (κ1) is 29.6. The highest BCUT2D eigenvalue weighted by Gasteiger charge is 2.19. The number of hydrogen-bond acceptors (Lipinski definition) is 2. The molecule has 0 bridgehead atoms. The van der Waals surface area contributed by atoms with Gasteiger partial charge in [0.05, 0.1) is 11.0 Å². The van der Waals surface area contributed by atoms with Gasteiger partial charge in [0.25, 0.3) is 0 Å². The molecule has 0 aliphatic rings. The topological polar surface area (TPSA) is 21.3 Å². The first-order valence-electron chi connectivity index (χ1n) is 18.1. The standard InChI is InChI=1S/C50H32N2O/c1-3-11-33(12-4-1)34-19-22-40(23-20-34)52-47-26-25-42(32-45(47)44-28-35-13-7-8-14-36(35)30-48(44)52)51(39-15-5-2-6-16-39)41-24-21-37-31-50-46(29-38(37)27-41)43-17-9-10-18-49(43)53-50/h1-32H. The van der Waals surface area contributed by atoms with Gasteiger partial charge < -0.3 is 13.9 Å². The number of rotatable bonds is 5. The number of hydrogen-bond donors (Lipinski definition) is 0. The van der Waals surface area contributed by atoms with Gasteiger partial charge in [0, 0.05) is 44.3 Å². The molecule has 0 saturated heterocycles. The third-order valence-electron chi connectivity index (χ3n) is 10.7. The molecule has 0 unspecified atom stereocenters. The van der Waals surface area contributed by atoms with Crippen LogP contribution in [0.25, 0.3) is 82.1 Å². The van der Waals surface area contributed by atoms with Crippen molar-refractivity contribution in [1.82, 2.24) is 4.57 Å². The summed E-state index contributed by atoms with van der Waals surface area (Å²) in [7, 11) is 0. The van der Waals surface area contributed by atoms with Crippen LogP contribution in [-0.2, 0) is 0 Å². The molecule has 2 heterocycles. The molecule has 53 heavy (non-hydrogen) atoms. The van der Waals surface area contributed by atoms with Crippen molar-refractivity contribution in [2.75, 3.05) is 4.90 Å². The van der Waals surface area contributed by atoms with Crippen LogP contribution in [0.1, 0.15) is 0 Å². The first-order chi connectivity index (χ1) is 26.2. The zero-order valence-electron chi connectivity index (χ0n) is 28.8. The Morgan fingerprint density at radius 2 is 0.962 bits per heavy atom. The van der Waals surface area contributed by atoms with Gasteiger partial charge in [-0.1, -0.05) is 109 Å². The van der Waals surface area contributed by atoms with Crippen LogP contribution in [0.4, 0.5) is 17.1 Å². The van der Waals surface area contributed by atoms with E-state index in [1.54, 1.807) is 0 Å². The summed E-state index contributed by atoms with van der Waals surface area (Å²) in [4.78, 5) is 2.37. The van der Waals surface area contributed by atoms with Gasteiger partial charge in [-0.3, -0.25) is 0 Å². The Hall–Kier alpha value is -7.10. The Bertz CT molecular complexity index is 3160. The smallest absolute Gasteiger partial charge is 0.136 e. The zero-order valence-corrected chi connectivity index (χ0v) is 28.8. The highest BCUT2D eigenvalue weighted by molar-refractivity contribution is 6.15. The quantitative estimate of drug-likeness (QED) is 0.181. The second-order valence-electron chi connectivity index (χ2n) is 13.8. The van der Waals surface area contributed by atoms with Crippen molar-refractivity contribution in [3.8, 4) is 16.8 Å². The van der Waals surface area contributed by atoms with Crippen molar-refractivity contribution in [2.24, 2.45) is 0 Å². The Balaban J connectivity index is 1.12. The fraction of sp³-hybridized carbons (Fsp3) is 0. The SMILES string of the molecule is c1ccc(-c2ccc(-n3c4ccc(N(c5ccccc5)c5ccc6cc7oc8ccccc8c7cc6c5)cc4c4cc5ccccc5cc43)cc2)cc1. The maximum atomic E-state index is 6.23. The van der Waals surface area contributed by atoms with Crippen LogP contribution in [0.15, 0.2) is 199 Å². The van der Waals surface area contributed by atoms with E-state index in [9.17, 15) is 0 Å². The molecule has 0 saturated carbocycles. The molecule has 3 nitrogen and oxygen atoms in total. The van der Waals surface area contributed by atoms with Crippen molar-refractivity contribution >= 4 is 82.4 Å². The molecule has 0 amide bonds. The van der Waals surface area contributed by atoms with E-state index in [1.165, 1.54) is 49.1 Å². The summed E-state index contributed by atoms with van der Waals surface area (Å²) in [5, 5.41) is 9.50. The van der Waals surface area contributed by atoms with E-state index in [0.29, 0.717) is 0 Å². The zero-order chi connectivity index (χ0) is 34.9. The number of aromatic nitrogens is 1. The summed E-state index contributed by atoms with van der Waals surface area (Å²) in [6.45, 7) is 0. The maximum Gasteiger partial charge on any atom is 0.136 e. The second-order valence-corrected chi connectivity index (χ2v) is 13.8. The van der Waals surface area contributed by atoms with Crippen molar-refractivity contribution < 1.29 is 4.42 Å². The lowest BCUT2D eigenvalue weighted by Crippen LogP contribution is -2.09. The summed E-state index contributed by atoms with van der Waals surface area (Å²) < 4.78 is 8.64. The molecule has 0 aliphatic heterocycles. The largest absolute Gasteiger partial charge is 0.456 e. The minimum atomic E-state index is 0.912. The lowest BCUT2D eigenvalue weighted by molar-refractivity contribution is 0.669. The molecule has 0 N–H and O–H groups in total. The molecule has 11 aromatic rings. The molecular formula is C50H32N2O. The molecule has 2 aromatic heterocycles. The molecular weight excluding hydrogens is 645 g/mol.